The molecule has 136 valence electrons. The van der Waals surface area contributed by atoms with Gasteiger partial charge in [-0.15, -0.1) is 0 Å². The number of aliphatic hydroxyl groups is 1. The van der Waals surface area contributed by atoms with E-state index >= 15 is 0 Å². The minimum Gasteiger partial charge on any atom is -0.392 e. The van der Waals surface area contributed by atoms with Crippen LogP contribution < -0.4 is 5.32 Å². The van der Waals surface area contributed by atoms with Crippen LogP contribution in [0.15, 0.2) is 30.5 Å². The van der Waals surface area contributed by atoms with E-state index in [1.807, 2.05) is 31.3 Å². The molecule has 0 unspecified atom stereocenters. The van der Waals surface area contributed by atoms with E-state index in [4.69, 9.17) is 4.74 Å². The Morgan fingerprint density at radius 3 is 2.81 bits per heavy atom. The van der Waals surface area contributed by atoms with Gasteiger partial charge in [0.1, 0.15) is 0 Å². The van der Waals surface area contributed by atoms with Gasteiger partial charge in [0.05, 0.1) is 25.4 Å². The summed E-state index contributed by atoms with van der Waals surface area (Å²) in [5.41, 5.74) is 6.15. The minimum atomic E-state index is -0.100. The fraction of sp³-hybridized carbons (Fsp3) is 0.350. The summed E-state index contributed by atoms with van der Waals surface area (Å²) in [5.74, 6) is -0.100. The Hall–Kier alpha value is -2.41. The van der Waals surface area contributed by atoms with Crippen molar-refractivity contribution in [1.29, 1.82) is 0 Å². The summed E-state index contributed by atoms with van der Waals surface area (Å²) in [4.78, 5) is 18.2. The largest absolute Gasteiger partial charge is 0.392 e. The molecule has 1 aromatic carbocycles. The highest BCUT2D eigenvalue weighted by molar-refractivity contribution is 6.36. The lowest BCUT2D eigenvalue weighted by Gasteiger charge is -2.25. The van der Waals surface area contributed by atoms with Crippen LogP contribution in [0.25, 0.3) is 11.1 Å². The molecule has 0 spiro atoms. The predicted molar refractivity (Wildman–Crippen MR) is 100 cm³/mol. The number of carbonyl (C=O) groups excluding carboxylic acids is 1. The van der Waals surface area contributed by atoms with Gasteiger partial charge in [0.2, 0.25) is 0 Å². The first kappa shape index (κ1) is 17.0. The Balaban J connectivity index is 1.63. The maximum absolute atomic E-state index is 12.5. The van der Waals surface area contributed by atoms with Crippen molar-refractivity contribution in [1.82, 2.24) is 9.88 Å². The molecule has 3 heterocycles. The van der Waals surface area contributed by atoms with Crippen LogP contribution in [0.3, 0.4) is 0 Å². The van der Waals surface area contributed by atoms with Gasteiger partial charge in [0.15, 0.2) is 0 Å². The molecule has 4 rings (SSSR count). The number of hydrogen-bond donors (Lipinski definition) is 3. The van der Waals surface area contributed by atoms with Crippen LogP contribution in [0.4, 0.5) is 5.69 Å². The van der Waals surface area contributed by atoms with Crippen molar-refractivity contribution in [2.75, 3.05) is 31.6 Å². The lowest BCUT2D eigenvalue weighted by Crippen LogP contribution is -2.35. The normalized spacial score (nSPS) is 19.4. The number of nitrogens with one attached hydrogen (secondary N) is 2. The third kappa shape index (κ3) is 3.19. The molecule has 0 aliphatic carbocycles. The fourth-order valence-corrected chi connectivity index (χ4v) is 3.58. The van der Waals surface area contributed by atoms with Crippen molar-refractivity contribution in [2.45, 2.75) is 20.1 Å². The molecule has 2 aromatic rings. The fourth-order valence-electron chi connectivity index (χ4n) is 3.58. The Bertz CT molecular complexity index is 863. The topological polar surface area (TPSA) is 77.6 Å². The smallest absolute Gasteiger partial charge is 0.256 e. The van der Waals surface area contributed by atoms with Crippen LogP contribution in [-0.4, -0.2) is 47.2 Å². The van der Waals surface area contributed by atoms with Crippen molar-refractivity contribution < 1.29 is 14.6 Å². The molecule has 0 bridgehead atoms. The number of fused-ring (bicyclic) bond motifs is 1. The molecule has 1 saturated heterocycles. The number of morpholine rings is 1. The van der Waals surface area contributed by atoms with Crippen molar-refractivity contribution in [2.24, 2.45) is 0 Å². The maximum atomic E-state index is 12.5. The highest BCUT2D eigenvalue weighted by Crippen LogP contribution is 2.37. The predicted octanol–water partition coefficient (Wildman–Crippen LogP) is 2.22. The van der Waals surface area contributed by atoms with E-state index in [0.717, 1.165) is 60.9 Å². The molecule has 1 fully saturated rings. The highest BCUT2D eigenvalue weighted by atomic mass is 16.5. The number of aromatic nitrogens is 1. The molecule has 1 aromatic heterocycles. The van der Waals surface area contributed by atoms with Gasteiger partial charge in [-0.3, -0.25) is 9.69 Å². The van der Waals surface area contributed by atoms with E-state index in [1.165, 1.54) is 5.56 Å². The van der Waals surface area contributed by atoms with Crippen LogP contribution in [0.2, 0.25) is 0 Å². The molecule has 1 amide bonds. The lowest BCUT2D eigenvalue weighted by molar-refractivity contribution is -0.110. The van der Waals surface area contributed by atoms with Gasteiger partial charge >= 0.3 is 0 Å². The minimum absolute atomic E-state index is 0.0417. The summed E-state index contributed by atoms with van der Waals surface area (Å²) in [6.07, 6.45) is 2.01. The van der Waals surface area contributed by atoms with Gasteiger partial charge in [-0.1, -0.05) is 6.07 Å². The van der Waals surface area contributed by atoms with Gasteiger partial charge < -0.3 is 20.1 Å². The third-order valence-corrected chi connectivity index (χ3v) is 5.04. The Morgan fingerprint density at radius 1 is 1.23 bits per heavy atom. The summed E-state index contributed by atoms with van der Waals surface area (Å²) in [5, 5.41) is 12.3. The summed E-state index contributed by atoms with van der Waals surface area (Å²) in [7, 11) is 0. The van der Waals surface area contributed by atoms with E-state index in [1.54, 1.807) is 0 Å². The summed E-state index contributed by atoms with van der Waals surface area (Å²) in [6.45, 7) is 6.25. The number of aliphatic hydroxyl groups excluding tert-OH is 1. The maximum Gasteiger partial charge on any atom is 0.256 e. The van der Waals surface area contributed by atoms with Crippen LogP contribution in [-0.2, 0) is 22.7 Å². The molecular weight excluding hydrogens is 330 g/mol. The second kappa shape index (κ2) is 7.07. The molecule has 0 saturated carbocycles. The number of allylic oxidation sites excluding steroid dienone is 1. The highest BCUT2D eigenvalue weighted by Gasteiger charge is 2.27. The monoisotopic (exact) mass is 353 g/mol. The van der Waals surface area contributed by atoms with Crippen molar-refractivity contribution in [3.63, 3.8) is 0 Å². The first-order chi connectivity index (χ1) is 12.7. The van der Waals surface area contributed by atoms with E-state index < -0.39 is 0 Å². The number of anilines is 1. The average molecular weight is 353 g/mol. The molecule has 0 atom stereocenters. The number of hydrogen-bond acceptors (Lipinski definition) is 4. The van der Waals surface area contributed by atoms with Crippen LogP contribution in [0.1, 0.15) is 29.3 Å². The standard InChI is InChI=1S/C20H23N3O3/c1-13(18-9-15(10-21-18)11-23-4-6-26-7-5-23)19-16-8-14(12-24)2-3-17(16)22-20(19)25/h2-3,8-10,21,24H,4-7,11-12H2,1H3,(H,22,25)/b19-13-. The average Bonchev–Trinajstić information content (AvgIpc) is 3.25. The van der Waals surface area contributed by atoms with E-state index in [-0.39, 0.29) is 12.5 Å². The molecule has 6 heteroatoms. The van der Waals surface area contributed by atoms with Crippen molar-refractivity contribution in [3.05, 3.63) is 52.8 Å². The van der Waals surface area contributed by atoms with Gasteiger partial charge in [0, 0.05) is 42.8 Å². The van der Waals surface area contributed by atoms with Crippen molar-refractivity contribution in [3.8, 4) is 0 Å². The molecule has 0 radical (unpaired) electrons. The first-order valence-corrected chi connectivity index (χ1v) is 8.90. The van der Waals surface area contributed by atoms with Gasteiger partial charge in [-0.2, -0.15) is 0 Å². The van der Waals surface area contributed by atoms with E-state index in [2.05, 4.69) is 21.3 Å². The second-order valence-electron chi connectivity index (χ2n) is 6.80. The summed E-state index contributed by atoms with van der Waals surface area (Å²) < 4.78 is 5.39. The quantitative estimate of drug-likeness (QED) is 0.737. The molecule has 2 aliphatic heterocycles. The van der Waals surface area contributed by atoms with Crippen LogP contribution in [0.5, 0.6) is 0 Å². The number of benzene rings is 1. The Labute approximate surface area is 152 Å². The molecular formula is C20H23N3O3. The zero-order valence-electron chi connectivity index (χ0n) is 14.8. The third-order valence-electron chi connectivity index (χ3n) is 5.04. The number of H-pyrrole nitrogens is 1. The van der Waals surface area contributed by atoms with E-state index in [0.29, 0.717) is 5.57 Å². The number of nitrogens with zero attached hydrogens (tertiary/aromatic N) is 1. The molecule has 2 aliphatic rings. The summed E-state index contributed by atoms with van der Waals surface area (Å²) in [6, 6.07) is 7.66. The van der Waals surface area contributed by atoms with E-state index in [9.17, 15) is 9.90 Å². The van der Waals surface area contributed by atoms with Crippen molar-refractivity contribution >= 4 is 22.7 Å². The second-order valence-corrected chi connectivity index (χ2v) is 6.80. The number of rotatable bonds is 4. The zero-order chi connectivity index (χ0) is 18.1. The van der Waals surface area contributed by atoms with Gasteiger partial charge in [-0.25, -0.2) is 0 Å². The lowest BCUT2D eigenvalue weighted by atomic mass is 9.98. The zero-order valence-corrected chi connectivity index (χ0v) is 14.8. The number of aromatic amines is 1. The SMILES string of the molecule is C/C(=C1/C(=O)Nc2ccc(CO)cc21)c1cc(CN2CCOCC2)c[nH]1. The van der Waals surface area contributed by atoms with Crippen LogP contribution in [0, 0.1) is 0 Å². The summed E-state index contributed by atoms with van der Waals surface area (Å²) >= 11 is 0. The van der Waals surface area contributed by atoms with Crippen LogP contribution >= 0.6 is 0 Å². The Kier molecular flexibility index (Phi) is 4.63. The van der Waals surface area contributed by atoms with Gasteiger partial charge in [0.25, 0.3) is 5.91 Å². The number of amides is 1. The number of carbonyl (C=O) groups is 1. The van der Waals surface area contributed by atoms with Gasteiger partial charge in [-0.05, 0) is 41.8 Å². The first-order valence-electron chi connectivity index (χ1n) is 8.90. The molecule has 26 heavy (non-hydrogen) atoms. The Morgan fingerprint density at radius 2 is 2.04 bits per heavy atom. The number of ether oxygens (including phenoxy) is 1. The molecule has 6 nitrogen and oxygen atoms in total. The molecule has 3 N–H and O–H groups in total.